The van der Waals surface area contributed by atoms with Crippen LogP contribution < -0.4 is 15.3 Å². The molecule has 0 bridgehead atoms. The van der Waals surface area contributed by atoms with Gasteiger partial charge in [0.05, 0.1) is 42.3 Å². The van der Waals surface area contributed by atoms with Crippen LogP contribution in [0.4, 0.5) is 5.69 Å². The van der Waals surface area contributed by atoms with Gasteiger partial charge in [-0.1, -0.05) is 53.5 Å². The number of hydrogen-bond acceptors (Lipinski definition) is 6. The van der Waals surface area contributed by atoms with Crippen LogP contribution in [0.25, 0.3) is 0 Å². The number of hydrogen-bond donors (Lipinski definition) is 3. The van der Waals surface area contributed by atoms with E-state index in [1.807, 2.05) is 25.2 Å². The summed E-state index contributed by atoms with van der Waals surface area (Å²) in [4.78, 5) is 46.9. The molecular formula is C36H39Cl2N3O7. The molecule has 0 aliphatic carbocycles. The van der Waals surface area contributed by atoms with Gasteiger partial charge < -0.3 is 34.9 Å². The average molecular weight is 697 g/mol. The number of carboxylic acid groups (broad SMARTS) is 2. The van der Waals surface area contributed by atoms with Crippen LogP contribution in [0.15, 0.2) is 78.9 Å². The number of fused-ring (bicyclic) bond motifs is 2. The summed E-state index contributed by atoms with van der Waals surface area (Å²) in [6.45, 7) is 5.83. The van der Waals surface area contributed by atoms with Crippen molar-refractivity contribution in [2.24, 2.45) is 0 Å². The number of benzene rings is 3. The summed E-state index contributed by atoms with van der Waals surface area (Å²) in [6, 6.07) is 21.4. The smallest absolute Gasteiger partial charge is 0.328 e. The molecule has 10 nitrogen and oxygen atoms in total. The molecule has 0 aromatic heterocycles. The van der Waals surface area contributed by atoms with E-state index in [0.29, 0.717) is 46.6 Å². The molecule has 0 saturated carbocycles. The first-order valence-corrected chi connectivity index (χ1v) is 16.4. The zero-order valence-electron chi connectivity index (χ0n) is 26.8. The largest absolute Gasteiger partial charge is 0.545 e. The monoisotopic (exact) mass is 695 g/mol. The highest BCUT2D eigenvalue weighted by Crippen LogP contribution is 2.42. The molecule has 2 aliphatic heterocycles. The minimum Gasteiger partial charge on any atom is -0.545 e. The van der Waals surface area contributed by atoms with E-state index in [2.05, 4.69) is 29.6 Å². The van der Waals surface area contributed by atoms with E-state index in [1.165, 1.54) is 18.1 Å². The lowest BCUT2D eigenvalue weighted by Crippen LogP contribution is -3.13. The second kappa shape index (κ2) is 16.7. The lowest BCUT2D eigenvalue weighted by Gasteiger charge is -2.37. The molecule has 5 rings (SSSR count). The van der Waals surface area contributed by atoms with Crippen LogP contribution in [-0.4, -0.2) is 67.0 Å². The topological polar surface area (TPSA) is 141 Å². The van der Waals surface area contributed by atoms with Crippen LogP contribution in [0.2, 0.25) is 10.0 Å². The third kappa shape index (κ3) is 9.90. The van der Waals surface area contributed by atoms with Crippen molar-refractivity contribution in [1.82, 2.24) is 4.90 Å². The van der Waals surface area contributed by atoms with Gasteiger partial charge in [0.1, 0.15) is 5.60 Å². The van der Waals surface area contributed by atoms with Crippen molar-refractivity contribution in [2.75, 3.05) is 38.5 Å². The van der Waals surface area contributed by atoms with Gasteiger partial charge in [0, 0.05) is 63.0 Å². The van der Waals surface area contributed by atoms with Crippen molar-refractivity contribution in [3.8, 4) is 0 Å². The van der Waals surface area contributed by atoms with Gasteiger partial charge in [-0.15, -0.1) is 0 Å². The van der Waals surface area contributed by atoms with Crippen LogP contribution in [0.5, 0.6) is 0 Å². The number of likely N-dealkylation sites (tertiary alicyclic amines) is 1. The van der Waals surface area contributed by atoms with E-state index in [9.17, 15) is 24.3 Å². The molecule has 1 spiro atoms. The van der Waals surface area contributed by atoms with Crippen molar-refractivity contribution in [3.05, 3.63) is 111 Å². The second-order valence-electron chi connectivity index (χ2n) is 12.0. The standard InChI is InChI=1S/C32H35Cl2N3O3.C4H4O4/c1-22(38)35-27-10-7-23(8-11-27)31(39)36(2)20-25(24-9-12-29(33)30(34)19-24)13-16-37-17-14-32(15-18-37)28-6-4-3-5-26(28)21-40-32;5-3(6)1-2-4(7)8/h3-12,19,25H,13-18,20-21H2,1-2H3,(H,35,38);1-2H,(H,5,6)(H,7,8)/b;2-1+. The third-order valence-corrected chi connectivity index (χ3v) is 9.43. The Hall–Kier alpha value is -4.22. The van der Waals surface area contributed by atoms with Gasteiger partial charge in [0.15, 0.2) is 0 Å². The Labute approximate surface area is 289 Å². The zero-order chi connectivity index (χ0) is 34.8. The van der Waals surface area contributed by atoms with Crippen LogP contribution in [0.3, 0.4) is 0 Å². The second-order valence-corrected chi connectivity index (χ2v) is 12.8. The molecule has 2 amide bonds. The van der Waals surface area contributed by atoms with Crippen molar-refractivity contribution in [2.45, 2.75) is 44.3 Å². The Morgan fingerprint density at radius 2 is 1.71 bits per heavy atom. The fraction of sp³-hybridized carbons (Fsp3) is 0.333. The Morgan fingerprint density at radius 1 is 1.02 bits per heavy atom. The molecule has 2 aliphatic rings. The Balaban J connectivity index is 0.000000579. The summed E-state index contributed by atoms with van der Waals surface area (Å²) < 4.78 is 6.36. The molecule has 1 atom stereocenters. The highest BCUT2D eigenvalue weighted by atomic mass is 35.5. The van der Waals surface area contributed by atoms with Gasteiger partial charge in [-0.3, -0.25) is 9.59 Å². The first-order valence-electron chi connectivity index (χ1n) is 15.6. The maximum atomic E-state index is 13.3. The Kier molecular flexibility index (Phi) is 12.8. The lowest BCUT2D eigenvalue weighted by atomic mass is 9.83. The quantitative estimate of drug-likeness (QED) is 0.275. The molecule has 1 saturated heterocycles. The number of piperidine rings is 1. The number of amides is 2. The number of anilines is 1. The van der Waals surface area contributed by atoms with E-state index in [1.54, 1.807) is 34.1 Å². The van der Waals surface area contributed by atoms with E-state index in [4.69, 9.17) is 33.0 Å². The number of carboxylic acids is 2. The van der Waals surface area contributed by atoms with Crippen molar-refractivity contribution < 1.29 is 39.0 Å². The van der Waals surface area contributed by atoms with E-state index in [0.717, 1.165) is 44.5 Å². The summed E-state index contributed by atoms with van der Waals surface area (Å²) in [5.74, 6) is -2.91. The molecule has 254 valence electrons. The fourth-order valence-corrected chi connectivity index (χ4v) is 6.54. The molecule has 1 fully saturated rings. The van der Waals surface area contributed by atoms with Gasteiger partial charge >= 0.3 is 5.97 Å². The van der Waals surface area contributed by atoms with Gasteiger partial charge in [-0.05, 0) is 59.2 Å². The minimum absolute atomic E-state index is 0.0660. The molecule has 3 N–H and O–H groups in total. The normalized spacial score (nSPS) is 18.8. The molecule has 2 heterocycles. The molecule has 12 heteroatoms. The number of likely N-dealkylation sites (N-methyl/N-ethyl adjacent to an activating group) is 1. The summed E-state index contributed by atoms with van der Waals surface area (Å²) >= 11 is 12.6. The summed E-state index contributed by atoms with van der Waals surface area (Å²) in [5, 5.41) is 21.0. The predicted molar refractivity (Wildman–Crippen MR) is 181 cm³/mol. The molecule has 48 heavy (non-hydrogen) atoms. The zero-order valence-corrected chi connectivity index (χ0v) is 28.4. The number of halogens is 2. The number of nitrogens with zero attached hydrogens (tertiary/aromatic N) is 1. The molecule has 3 aromatic rings. The highest BCUT2D eigenvalue weighted by molar-refractivity contribution is 6.42. The SMILES string of the molecule is CC(=O)Nc1ccc(C(=O)N(C)CC(CC[NH+]2CCC3(CC2)OCc2ccccc23)c2ccc(Cl)c(Cl)c2)cc1.O=C([O-])/C=C/C(=O)O. The number of aliphatic carboxylic acids is 2. The van der Waals surface area contributed by atoms with E-state index >= 15 is 0 Å². The first-order chi connectivity index (χ1) is 22.9. The molecular weight excluding hydrogens is 657 g/mol. The lowest BCUT2D eigenvalue weighted by molar-refractivity contribution is -0.908. The maximum absolute atomic E-state index is 13.3. The number of nitrogens with one attached hydrogen (secondary N) is 2. The average Bonchev–Trinajstić information content (AvgIpc) is 3.41. The van der Waals surface area contributed by atoms with Crippen LogP contribution in [0, 0.1) is 0 Å². The van der Waals surface area contributed by atoms with Gasteiger partial charge in [-0.25, -0.2) is 4.79 Å². The van der Waals surface area contributed by atoms with Gasteiger partial charge in [-0.2, -0.15) is 0 Å². The number of ether oxygens (including phenoxy) is 1. The number of quaternary nitrogens is 1. The summed E-state index contributed by atoms with van der Waals surface area (Å²) in [7, 11) is 1.83. The summed E-state index contributed by atoms with van der Waals surface area (Å²) in [5.41, 5.74) is 4.88. The van der Waals surface area contributed by atoms with Crippen molar-refractivity contribution in [3.63, 3.8) is 0 Å². The van der Waals surface area contributed by atoms with Crippen molar-refractivity contribution in [1.29, 1.82) is 0 Å². The van der Waals surface area contributed by atoms with Crippen LogP contribution in [0.1, 0.15) is 59.2 Å². The first kappa shape index (κ1) is 36.6. The predicted octanol–water partition coefficient (Wildman–Crippen LogP) is 3.68. The fourth-order valence-electron chi connectivity index (χ4n) is 6.24. The maximum Gasteiger partial charge on any atom is 0.328 e. The number of carbonyl (C=O) groups excluding carboxylic acids is 3. The van der Waals surface area contributed by atoms with Crippen molar-refractivity contribution >= 4 is 52.6 Å². The third-order valence-electron chi connectivity index (χ3n) is 8.69. The highest BCUT2D eigenvalue weighted by Gasteiger charge is 2.44. The van der Waals surface area contributed by atoms with Gasteiger partial charge in [0.25, 0.3) is 5.91 Å². The van der Waals surface area contributed by atoms with Crippen LogP contribution in [-0.2, 0) is 31.3 Å². The number of rotatable bonds is 10. The number of carbonyl (C=O) groups is 4. The molecule has 0 radical (unpaired) electrons. The van der Waals surface area contributed by atoms with E-state index in [-0.39, 0.29) is 23.3 Å². The van der Waals surface area contributed by atoms with Gasteiger partial charge in [0.2, 0.25) is 5.91 Å². The summed E-state index contributed by atoms with van der Waals surface area (Å²) in [6.07, 6.45) is 3.89. The molecule has 1 unspecified atom stereocenters. The Bertz CT molecular complexity index is 1640. The minimum atomic E-state index is -1.51. The van der Waals surface area contributed by atoms with Crippen LogP contribution >= 0.6 is 23.2 Å². The Morgan fingerprint density at radius 3 is 2.31 bits per heavy atom. The van der Waals surface area contributed by atoms with E-state index < -0.39 is 11.9 Å². The molecule has 3 aromatic carbocycles.